The predicted molar refractivity (Wildman–Crippen MR) is 300 cm³/mol. The van der Waals surface area contributed by atoms with Crippen LogP contribution < -0.4 is 14.5 Å². The van der Waals surface area contributed by atoms with Crippen molar-refractivity contribution in [1.82, 2.24) is 4.98 Å². The number of amidine groups is 1. The first-order chi connectivity index (χ1) is 32.5. The van der Waals surface area contributed by atoms with E-state index in [0.29, 0.717) is 17.8 Å². The van der Waals surface area contributed by atoms with Gasteiger partial charge in [-0.25, -0.2) is 4.98 Å². The Morgan fingerprint density at radius 2 is 1.17 bits per heavy atom. The molecule has 5 heteroatoms. The van der Waals surface area contributed by atoms with Crippen molar-refractivity contribution in [2.45, 2.75) is 166 Å². The van der Waals surface area contributed by atoms with E-state index in [-0.39, 0.29) is 27.7 Å². The van der Waals surface area contributed by atoms with E-state index in [0.717, 1.165) is 57.8 Å². The molecule has 0 bridgehead atoms. The molecular weight excluding hydrogens is 853 g/mol. The number of hydrogen-bond acceptors (Lipinski definition) is 5. The van der Waals surface area contributed by atoms with Crippen LogP contribution in [0, 0.1) is 52.4 Å². The number of aliphatic imine (C=N–C) groups is 1. The molecule has 2 aliphatic rings. The summed E-state index contributed by atoms with van der Waals surface area (Å²) in [5, 5.41) is 0. The van der Waals surface area contributed by atoms with Crippen LogP contribution in [0.4, 0.5) is 22.9 Å². The van der Waals surface area contributed by atoms with Crippen LogP contribution in [-0.4, -0.2) is 23.4 Å². The van der Waals surface area contributed by atoms with Crippen molar-refractivity contribution in [3.8, 4) is 22.6 Å². The van der Waals surface area contributed by atoms with Crippen molar-refractivity contribution in [2.75, 3.05) is 16.3 Å². The van der Waals surface area contributed by atoms with Gasteiger partial charge in [-0.15, -0.1) is 0 Å². The topological polar surface area (TPSA) is 41.0 Å². The van der Waals surface area contributed by atoms with Gasteiger partial charge in [0.2, 0.25) is 0 Å². The molecule has 5 nitrogen and oxygen atoms in total. The Labute approximate surface area is 422 Å². The Hall–Kier alpha value is -5.68. The maximum Gasteiger partial charge on any atom is 0.137 e. The van der Waals surface area contributed by atoms with E-state index in [9.17, 15) is 0 Å². The summed E-state index contributed by atoms with van der Waals surface area (Å²) in [5.41, 5.74) is 19.0. The number of pyridine rings is 1. The highest BCUT2D eigenvalue weighted by molar-refractivity contribution is 6.12. The molecule has 8 rings (SSSR count). The number of nitrogens with zero attached hydrogens (tertiary/aromatic N) is 4. The maximum absolute atomic E-state index is 7.38. The molecule has 0 spiro atoms. The molecule has 5 aromatic carbocycles. The monoisotopic (exact) mass is 935 g/mol. The second kappa shape index (κ2) is 18.2. The van der Waals surface area contributed by atoms with Crippen molar-refractivity contribution >= 4 is 28.7 Å². The van der Waals surface area contributed by atoms with Gasteiger partial charge in [-0.1, -0.05) is 145 Å². The summed E-state index contributed by atoms with van der Waals surface area (Å²) in [7, 11) is 0. The molecule has 0 saturated heterocycles. The van der Waals surface area contributed by atoms with Gasteiger partial charge in [-0.3, -0.25) is 9.89 Å². The molecule has 3 heterocycles. The van der Waals surface area contributed by atoms with Crippen LogP contribution in [-0.2, 0) is 21.7 Å². The van der Waals surface area contributed by atoms with Crippen molar-refractivity contribution in [1.29, 1.82) is 0 Å². The molecule has 368 valence electrons. The van der Waals surface area contributed by atoms with Crippen LogP contribution in [0.25, 0.3) is 11.1 Å². The molecule has 0 radical (unpaired) electrons. The zero-order valence-corrected chi connectivity index (χ0v) is 46.5. The van der Waals surface area contributed by atoms with E-state index in [1.165, 1.54) is 61.3 Å². The normalized spacial score (nSPS) is 16.0. The SMILES string of the molecule is Cc1cc(C)c(-c2cc(Oc3cc4c(cc3C)C(C)(C)c3cc(C)ccc3N4c3cc(C(C)(C)C)ccn3)cc(C3=N[C@H](C(C(C)C)C(C)C)CN3c3cc(C(C)(C)C)cc(C(C)(C)C)c3)c2)c(C)c1. The van der Waals surface area contributed by atoms with E-state index >= 15 is 0 Å². The standard InChI is InChI=1S/C65H82N4O/c1-38(2)59(39(3)4)54-37-68(50-33-48(63(13,14)15)32-49(34-50)64(16,17)18)61(67-54)46-29-45(60-43(8)25-41(6)26-44(60)9)30-51(31-46)70-57-36-56-53(28-42(57)7)65(19,20)52-27-40(5)21-22-55(52)69(56)58-35-47(23-24-66-58)62(10,11)12/h21-36,38-39,54,59H,37H2,1-20H3/t54-/m0/s1. The van der Waals surface area contributed by atoms with Crippen LogP contribution in [0.1, 0.15) is 165 Å². The largest absolute Gasteiger partial charge is 0.457 e. The summed E-state index contributed by atoms with van der Waals surface area (Å²) in [5.74, 6) is 4.87. The predicted octanol–water partition coefficient (Wildman–Crippen LogP) is 17.6. The van der Waals surface area contributed by atoms with Crippen molar-refractivity contribution in [3.05, 3.63) is 158 Å². The van der Waals surface area contributed by atoms with Gasteiger partial charge in [-0.2, -0.15) is 0 Å². The van der Waals surface area contributed by atoms with Crippen molar-refractivity contribution in [3.63, 3.8) is 0 Å². The van der Waals surface area contributed by atoms with E-state index < -0.39 is 0 Å². The van der Waals surface area contributed by atoms with Gasteiger partial charge in [0.05, 0.1) is 17.4 Å². The van der Waals surface area contributed by atoms with Gasteiger partial charge < -0.3 is 9.64 Å². The average molecular weight is 935 g/mol. The fourth-order valence-corrected chi connectivity index (χ4v) is 11.5. The average Bonchev–Trinajstić information content (AvgIpc) is 3.68. The Balaban J connectivity index is 1.35. The Morgan fingerprint density at radius 1 is 0.586 bits per heavy atom. The molecule has 70 heavy (non-hydrogen) atoms. The lowest BCUT2D eigenvalue weighted by Crippen LogP contribution is -2.35. The van der Waals surface area contributed by atoms with Crippen LogP contribution in [0.3, 0.4) is 0 Å². The summed E-state index contributed by atoms with van der Waals surface area (Å²) in [6.07, 6.45) is 1.96. The summed E-state index contributed by atoms with van der Waals surface area (Å²) >= 11 is 0. The lowest BCUT2D eigenvalue weighted by molar-refractivity contribution is 0.247. The third-order valence-corrected chi connectivity index (χ3v) is 15.3. The first kappa shape index (κ1) is 50.7. The van der Waals surface area contributed by atoms with Crippen molar-refractivity contribution in [2.24, 2.45) is 22.7 Å². The number of rotatable bonds is 9. The molecule has 2 aliphatic heterocycles. The molecule has 1 aromatic heterocycles. The number of anilines is 4. The molecule has 0 unspecified atom stereocenters. The highest BCUT2D eigenvalue weighted by atomic mass is 16.5. The van der Waals surface area contributed by atoms with E-state index in [2.05, 4.69) is 239 Å². The van der Waals surface area contributed by atoms with Crippen LogP contribution >= 0.6 is 0 Å². The van der Waals surface area contributed by atoms with E-state index in [4.69, 9.17) is 14.7 Å². The third kappa shape index (κ3) is 9.71. The van der Waals surface area contributed by atoms with Crippen LogP contribution in [0.2, 0.25) is 0 Å². The van der Waals surface area contributed by atoms with E-state index in [1.807, 2.05) is 6.20 Å². The summed E-state index contributed by atoms with van der Waals surface area (Å²) in [4.78, 5) is 15.8. The van der Waals surface area contributed by atoms with Crippen molar-refractivity contribution < 1.29 is 4.74 Å². The molecule has 0 amide bonds. The van der Waals surface area contributed by atoms with E-state index in [1.54, 1.807) is 0 Å². The number of fused-ring (bicyclic) bond motifs is 2. The summed E-state index contributed by atoms with van der Waals surface area (Å²) in [6, 6.07) is 34.8. The minimum absolute atomic E-state index is 0.0315. The molecule has 6 aromatic rings. The maximum atomic E-state index is 7.38. The lowest BCUT2D eigenvalue weighted by Gasteiger charge is -2.42. The Kier molecular flexibility index (Phi) is 13.2. The Morgan fingerprint density at radius 3 is 1.76 bits per heavy atom. The highest BCUT2D eigenvalue weighted by Gasteiger charge is 2.40. The van der Waals surface area contributed by atoms with Gasteiger partial charge in [-0.05, 0) is 179 Å². The number of benzene rings is 5. The molecule has 1 atom stereocenters. The lowest BCUT2D eigenvalue weighted by atomic mass is 9.72. The smallest absolute Gasteiger partial charge is 0.137 e. The zero-order valence-electron chi connectivity index (χ0n) is 46.5. The zero-order chi connectivity index (χ0) is 51.2. The molecule has 0 aliphatic carbocycles. The number of aromatic nitrogens is 1. The second-order valence-corrected chi connectivity index (χ2v) is 25.4. The molecule has 0 fully saturated rings. The number of ether oxygens (including phenoxy) is 1. The van der Waals surface area contributed by atoms with Crippen LogP contribution in [0.15, 0.2) is 102 Å². The number of aryl methyl sites for hydroxylation is 5. The molecular formula is C65H82N4O. The molecule has 0 N–H and O–H groups in total. The van der Waals surface area contributed by atoms with Crippen LogP contribution in [0.5, 0.6) is 11.5 Å². The third-order valence-electron chi connectivity index (χ3n) is 15.3. The van der Waals surface area contributed by atoms with Gasteiger partial charge >= 0.3 is 0 Å². The van der Waals surface area contributed by atoms with Gasteiger partial charge in [0.15, 0.2) is 0 Å². The van der Waals surface area contributed by atoms with Gasteiger partial charge in [0, 0.05) is 35.5 Å². The van der Waals surface area contributed by atoms with Gasteiger partial charge in [0.1, 0.15) is 23.2 Å². The Bertz CT molecular complexity index is 2940. The molecule has 0 saturated carbocycles. The quantitative estimate of drug-likeness (QED) is 0.145. The summed E-state index contributed by atoms with van der Waals surface area (Å²) < 4.78 is 7.38. The second-order valence-electron chi connectivity index (χ2n) is 25.4. The first-order valence-electron chi connectivity index (χ1n) is 26.0. The fraction of sp³-hybridized carbons (Fsp3) is 0.446. The first-order valence-corrected chi connectivity index (χ1v) is 26.0. The van der Waals surface area contributed by atoms with Gasteiger partial charge in [0.25, 0.3) is 0 Å². The minimum Gasteiger partial charge on any atom is -0.457 e. The minimum atomic E-state index is -0.271. The summed E-state index contributed by atoms with van der Waals surface area (Å²) in [6.45, 7) is 46.8. The highest BCUT2D eigenvalue weighted by Crippen LogP contribution is 2.54. The number of hydrogen-bond donors (Lipinski definition) is 0. The fourth-order valence-electron chi connectivity index (χ4n) is 11.5.